The van der Waals surface area contributed by atoms with Crippen molar-refractivity contribution in [2.45, 2.75) is 26.7 Å². The monoisotopic (exact) mass is 427 g/mol. The SMILES string of the molecule is CCOC(=O)c1cnn(-c2ccccc2)c1NC(=O)CN1CCC(CNC(C)=O)CC1. The summed E-state index contributed by atoms with van der Waals surface area (Å²) in [5, 5.41) is 10.0. The molecule has 2 amide bonds. The predicted octanol–water partition coefficient (Wildman–Crippen LogP) is 1.84. The van der Waals surface area contributed by atoms with Crippen molar-refractivity contribution in [3.8, 4) is 5.69 Å². The first-order valence-electron chi connectivity index (χ1n) is 10.5. The molecule has 1 aliphatic rings. The second kappa shape index (κ2) is 10.7. The summed E-state index contributed by atoms with van der Waals surface area (Å²) in [4.78, 5) is 38.3. The first-order chi connectivity index (χ1) is 15.0. The number of ether oxygens (including phenoxy) is 1. The van der Waals surface area contributed by atoms with Crippen LogP contribution in [0.25, 0.3) is 5.69 Å². The number of piperidine rings is 1. The molecule has 0 atom stereocenters. The Bertz CT molecular complexity index is 904. The van der Waals surface area contributed by atoms with Gasteiger partial charge in [0.15, 0.2) is 5.82 Å². The fraction of sp³-hybridized carbons (Fsp3) is 0.455. The summed E-state index contributed by atoms with van der Waals surface area (Å²) in [6, 6.07) is 9.29. The van der Waals surface area contributed by atoms with Crippen LogP contribution in [0, 0.1) is 5.92 Å². The van der Waals surface area contributed by atoms with E-state index in [-0.39, 0.29) is 30.5 Å². The Kier molecular flexibility index (Phi) is 7.77. The van der Waals surface area contributed by atoms with Crippen molar-refractivity contribution in [2.75, 3.05) is 38.1 Å². The van der Waals surface area contributed by atoms with Crippen molar-refractivity contribution in [3.63, 3.8) is 0 Å². The van der Waals surface area contributed by atoms with Gasteiger partial charge in [0.2, 0.25) is 11.8 Å². The molecular weight excluding hydrogens is 398 g/mol. The first-order valence-corrected chi connectivity index (χ1v) is 10.5. The van der Waals surface area contributed by atoms with Gasteiger partial charge in [-0.05, 0) is 50.9 Å². The van der Waals surface area contributed by atoms with E-state index >= 15 is 0 Å². The fourth-order valence-corrected chi connectivity index (χ4v) is 3.60. The van der Waals surface area contributed by atoms with E-state index in [4.69, 9.17) is 4.74 Å². The summed E-state index contributed by atoms with van der Waals surface area (Å²) >= 11 is 0. The number of anilines is 1. The van der Waals surface area contributed by atoms with E-state index < -0.39 is 5.97 Å². The van der Waals surface area contributed by atoms with Crippen LogP contribution in [0.15, 0.2) is 36.5 Å². The van der Waals surface area contributed by atoms with E-state index in [1.54, 1.807) is 6.92 Å². The molecule has 2 N–H and O–H groups in total. The third kappa shape index (κ3) is 6.14. The standard InChI is InChI=1S/C22H29N5O4/c1-3-31-22(30)19-14-24-27(18-7-5-4-6-8-18)21(19)25-20(29)15-26-11-9-17(10-12-26)13-23-16(2)28/h4-8,14,17H,3,9-13,15H2,1-2H3,(H,23,28)(H,25,29). The van der Waals surface area contributed by atoms with Gasteiger partial charge in [-0.1, -0.05) is 18.2 Å². The first kappa shape index (κ1) is 22.5. The van der Waals surface area contributed by atoms with Crippen molar-refractivity contribution < 1.29 is 19.1 Å². The molecule has 0 aliphatic carbocycles. The van der Waals surface area contributed by atoms with Crippen LogP contribution in [0.3, 0.4) is 0 Å². The van der Waals surface area contributed by atoms with Crippen molar-refractivity contribution >= 4 is 23.6 Å². The van der Waals surface area contributed by atoms with E-state index in [2.05, 4.69) is 20.6 Å². The zero-order valence-corrected chi connectivity index (χ0v) is 18.0. The van der Waals surface area contributed by atoms with E-state index in [0.29, 0.717) is 18.3 Å². The third-order valence-corrected chi connectivity index (χ3v) is 5.24. The van der Waals surface area contributed by atoms with Crippen LogP contribution >= 0.6 is 0 Å². The van der Waals surface area contributed by atoms with E-state index in [1.807, 2.05) is 30.3 Å². The van der Waals surface area contributed by atoms with Gasteiger partial charge in [0.25, 0.3) is 0 Å². The van der Waals surface area contributed by atoms with Crippen molar-refractivity contribution in [1.82, 2.24) is 20.0 Å². The number of amides is 2. The lowest BCUT2D eigenvalue weighted by molar-refractivity contribution is -0.119. The lowest BCUT2D eigenvalue weighted by Gasteiger charge is -2.31. The number of hydrogen-bond acceptors (Lipinski definition) is 6. The molecule has 0 spiro atoms. The van der Waals surface area contributed by atoms with Gasteiger partial charge in [0.1, 0.15) is 5.56 Å². The molecule has 2 heterocycles. The lowest BCUT2D eigenvalue weighted by atomic mass is 9.97. The summed E-state index contributed by atoms with van der Waals surface area (Å²) < 4.78 is 6.65. The molecular formula is C22H29N5O4. The summed E-state index contributed by atoms with van der Waals surface area (Å²) in [6.45, 7) is 5.93. The Morgan fingerprint density at radius 3 is 2.52 bits per heavy atom. The van der Waals surface area contributed by atoms with Crippen LogP contribution in [0.1, 0.15) is 37.0 Å². The molecule has 1 saturated heterocycles. The van der Waals surface area contributed by atoms with Crippen molar-refractivity contribution in [2.24, 2.45) is 5.92 Å². The maximum absolute atomic E-state index is 12.8. The molecule has 0 saturated carbocycles. The third-order valence-electron chi connectivity index (χ3n) is 5.24. The number of aromatic nitrogens is 2. The highest BCUT2D eigenvalue weighted by Gasteiger charge is 2.24. The summed E-state index contributed by atoms with van der Waals surface area (Å²) in [7, 11) is 0. The van der Waals surface area contributed by atoms with Crippen LogP contribution in [0.4, 0.5) is 5.82 Å². The summed E-state index contributed by atoms with van der Waals surface area (Å²) in [5.74, 6) is -0.0371. The number of nitrogens with one attached hydrogen (secondary N) is 2. The average Bonchev–Trinajstić information content (AvgIpc) is 3.17. The highest BCUT2D eigenvalue weighted by Crippen LogP contribution is 2.22. The summed E-state index contributed by atoms with van der Waals surface area (Å²) in [5.41, 5.74) is 0.945. The Hall–Kier alpha value is -3.20. The minimum absolute atomic E-state index is 0.0192. The van der Waals surface area contributed by atoms with Crippen molar-refractivity contribution in [3.05, 3.63) is 42.1 Å². The minimum Gasteiger partial charge on any atom is -0.462 e. The number of carbonyl (C=O) groups excluding carboxylic acids is 3. The lowest BCUT2D eigenvalue weighted by Crippen LogP contribution is -2.41. The molecule has 1 aromatic carbocycles. The smallest absolute Gasteiger partial charge is 0.343 e. The maximum Gasteiger partial charge on any atom is 0.343 e. The Labute approximate surface area is 181 Å². The number of likely N-dealkylation sites (tertiary alicyclic amines) is 1. The number of benzene rings is 1. The predicted molar refractivity (Wildman–Crippen MR) is 116 cm³/mol. The molecule has 166 valence electrons. The van der Waals surface area contributed by atoms with Crippen LogP contribution in [0.2, 0.25) is 0 Å². The van der Waals surface area contributed by atoms with Crippen molar-refractivity contribution in [1.29, 1.82) is 0 Å². The molecule has 2 aromatic rings. The molecule has 0 radical (unpaired) electrons. The zero-order valence-electron chi connectivity index (χ0n) is 18.0. The number of rotatable bonds is 8. The van der Waals surface area contributed by atoms with E-state index in [0.717, 1.165) is 31.6 Å². The van der Waals surface area contributed by atoms with Gasteiger partial charge >= 0.3 is 5.97 Å². The quantitative estimate of drug-likeness (QED) is 0.623. The minimum atomic E-state index is -0.529. The van der Waals surface area contributed by atoms with Gasteiger partial charge in [-0.25, -0.2) is 9.48 Å². The Morgan fingerprint density at radius 2 is 1.87 bits per heavy atom. The normalized spacial score (nSPS) is 14.8. The highest BCUT2D eigenvalue weighted by atomic mass is 16.5. The van der Waals surface area contributed by atoms with Crippen LogP contribution < -0.4 is 10.6 Å². The zero-order chi connectivity index (χ0) is 22.2. The molecule has 0 bridgehead atoms. The molecule has 1 aromatic heterocycles. The molecule has 9 heteroatoms. The Balaban J connectivity index is 1.66. The number of hydrogen-bond donors (Lipinski definition) is 2. The van der Waals surface area contributed by atoms with Gasteiger partial charge in [-0.3, -0.25) is 14.5 Å². The molecule has 9 nitrogen and oxygen atoms in total. The summed E-state index contributed by atoms with van der Waals surface area (Å²) in [6.07, 6.45) is 3.25. The maximum atomic E-state index is 12.8. The van der Waals surface area contributed by atoms with Crippen LogP contribution in [-0.4, -0.2) is 65.2 Å². The number of carbonyl (C=O) groups is 3. The Morgan fingerprint density at radius 1 is 1.16 bits per heavy atom. The average molecular weight is 428 g/mol. The van der Waals surface area contributed by atoms with E-state index in [1.165, 1.54) is 17.8 Å². The molecule has 0 unspecified atom stereocenters. The number of esters is 1. The van der Waals surface area contributed by atoms with Crippen LogP contribution in [-0.2, 0) is 14.3 Å². The van der Waals surface area contributed by atoms with E-state index in [9.17, 15) is 14.4 Å². The molecule has 31 heavy (non-hydrogen) atoms. The van der Waals surface area contributed by atoms with Gasteiger partial charge in [0, 0.05) is 13.5 Å². The fourth-order valence-electron chi connectivity index (χ4n) is 3.60. The molecule has 1 fully saturated rings. The molecule has 1 aliphatic heterocycles. The number of para-hydroxylation sites is 1. The van der Waals surface area contributed by atoms with Crippen LogP contribution in [0.5, 0.6) is 0 Å². The van der Waals surface area contributed by atoms with Gasteiger partial charge in [-0.2, -0.15) is 5.10 Å². The van der Waals surface area contributed by atoms with Gasteiger partial charge < -0.3 is 15.4 Å². The van der Waals surface area contributed by atoms with Gasteiger partial charge in [-0.15, -0.1) is 0 Å². The largest absolute Gasteiger partial charge is 0.462 e. The highest BCUT2D eigenvalue weighted by molar-refractivity contribution is 6.01. The topological polar surface area (TPSA) is 106 Å². The molecule has 3 rings (SSSR count). The number of nitrogens with zero attached hydrogens (tertiary/aromatic N) is 3. The second-order valence-electron chi connectivity index (χ2n) is 7.58. The second-order valence-corrected chi connectivity index (χ2v) is 7.58. The van der Waals surface area contributed by atoms with Gasteiger partial charge in [0.05, 0.1) is 25.0 Å².